The molecule has 8 nitrogen and oxygen atoms in total. The summed E-state index contributed by atoms with van der Waals surface area (Å²) in [6.07, 6.45) is 6.62. The van der Waals surface area contributed by atoms with Crippen molar-refractivity contribution in [3.8, 4) is 5.75 Å². The average molecular weight is 457 g/mol. The summed E-state index contributed by atoms with van der Waals surface area (Å²) in [5, 5.41) is 3.06. The van der Waals surface area contributed by atoms with Crippen molar-refractivity contribution in [2.45, 2.75) is 62.7 Å². The van der Waals surface area contributed by atoms with Gasteiger partial charge in [-0.2, -0.15) is 0 Å². The van der Waals surface area contributed by atoms with Crippen LogP contribution in [0.15, 0.2) is 36.2 Å². The van der Waals surface area contributed by atoms with Gasteiger partial charge >= 0.3 is 0 Å². The molecule has 1 N–H and O–H groups in total. The van der Waals surface area contributed by atoms with E-state index in [1.54, 1.807) is 11.2 Å². The molecule has 1 aromatic rings. The Morgan fingerprint density at radius 2 is 1.91 bits per heavy atom. The third-order valence-electron chi connectivity index (χ3n) is 7.03. The van der Waals surface area contributed by atoms with Crippen molar-refractivity contribution in [1.82, 2.24) is 10.2 Å². The van der Waals surface area contributed by atoms with Crippen molar-refractivity contribution in [3.63, 3.8) is 0 Å². The van der Waals surface area contributed by atoms with Gasteiger partial charge in [0.05, 0.1) is 37.7 Å². The molecule has 1 aliphatic carbocycles. The second-order valence-corrected chi connectivity index (χ2v) is 9.16. The zero-order chi connectivity index (χ0) is 22.6. The van der Waals surface area contributed by atoms with Crippen LogP contribution in [0.4, 0.5) is 0 Å². The van der Waals surface area contributed by atoms with Crippen LogP contribution in [0.5, 0.6) is 5.75 Å². The maximum absolute atomic E-state index is 13.2. The Labute approximate surface area is 194 Å². The average Bonchev–Trinajstić information content (AvgIpc) is 2.88. The van der Waals surface area contributed by atoms with Crippen molar-refractivity contribution in [2.75, 3.05) is 33.0 Å². The lowest BCUT2D eigenvalue weighted by molar-refractivity contribution is -0.148. The molecule has 2 saturated heterocycles. The summed E-state index contributed by atoms with van der Waals surface area (Å²) < 4.78 is 23.2. The molecule has 4 heterocycles. The molecule has 1 saturated carbocycles. The summed E-state index contributed by atoms with van der Waals surface area (Å²) in [7, 11) is 0. The van der Waals surface area contributed by atoms with Gasteiger partial charge in [0.2, 0.25) is 0 Å². The summed E-state index contributed by atoms with van der Waals surface area (Å²) in [5.41, 5.74) is 1.87. The first-order valence-electron chi connectivity index (χ1n) is 12.1. The molecule has 6 rings (SSSR count). The molecule has 5 aliphatic rings. The summed E-state index contributed by atoms with van der Waals surface area (Å²) in [5.74, 6) is 0.846. The number of ether oxygens (including phenoxy) is 4. The Kier molecular flexibility index (Phi) is 6.83. The summed E-state index contributed by atoms with van der Waals surface area (Å²) >= 11 is 0. The zero-order valence-corrected chi connectivity index (χ0v) is 18.9. The van der Waals surface area contributed by atoms with Crippen LogP contribution in [0.1, 0.15) is 50.0 Å². The van der Waals surface area contributed by atoms with Gasteiger partial charge in [0, 0.05) is 6.54 Å². The third kappa shape index (κ3) is 5.01. The van der Waals surface area contributed by atoms with E-state index in [9.17, 15) is 9.59 Å². The summed E-state index contributed by atoms with van der Waals surface area (Å²) in [6.45, 7) is 1.67. The Hall–Kier alpha value is -2.58. The smallest absolute Gasteiger partial charge is 0.264 e. The van der Waals surface area contributed by atoms with Crippen LogP contribution in [-0.4, -0.2) is 67.9 Å². The molecule has 0 radical (unpaired) electrons. The number of piperidine rings is 1. The molecule has 33 heavy (non-hydrogen) atoms. The second kappa shape index (κ2) is 10.1. The van der Waals surface area contributed by atoms with Gasteiger partial charge in [-0.1, -0.05) is 18.2 Å². The van der Waals surface area contributed by atoms with Gasteiger partial charge in [0.25, 0.3) is 11.8 Å². The van der Waals surface area contributed by atoms with Crippen molar-refractivity contribution in [3.05, 3.63) is 41.8 Å². The Morgan fingerprint density at radius 1 is 1.06 bits per heavy atom. The van der Waals surface area contributed by atoms with E-state index in [-0.39, 0.29) is 37.2 Å². The number of nitrogens with zero attached hydrogens (tertiary/aromatic N) is 1. The Balaban J connectivity index is 1.38. The molecule has 178 valence electrons. The quantitative estimate of drug-likeness (QED) is 0.736. The molecule has 2 unspecified atom stereocenters. The highest BCUT2D eigenvalue weighted by atomic mass is 16.6. The number of hydrogen-bond donors (Lipinski definition) is 1. The normalized spacial score (nSPS) is 31.8. The van der Waals surface area contributed by atoms with Crippen LogP contribution >= 0.6 is 0 Å². The van der Waals surface area contributed by atoms with Gasteiger partial charge < -0.3 is 29.2 Å². The van der Waals surface area contributed by atoms with Gasteiger partial charge in [-0.3, -0.25) is 9.59 Å². The maximum atomic E-state index is 13.2. The number of nitrogens with one attached hydrogen (secondary N) is 1. The Bertz CT molecular complexity index is 889. The summed E-state index contributed by atoms with van der Waals surface area (Å²) in [6, 6.07) is 7.72. The molecule has 2 bridgehead atoms. The highest BCUT2D eigenvalue weighted by Gasteiger charge is 2.34. The fourth-order valence-electron chi connectivity index (χ4n) is 5.23. The lowest BCUT2D eigenvalue weighted by Gasteiger charge is -2.37. The minimum atomic E-state index is -0.629. The molecule has 2 atom stereocenters. The van der Waals surface area contributed by atoms with Gasteiger partial charge in [-0.25, -0.2) is 0 Å². The number of para-hydroxylation sites is 1. The summed E-state index contributed by atoms with van der Waals surface area (Å²) in [4.78, 5) is 27.7. The molecule has 0 spiro atoms. The first-order chi connectivity index (χ1) is 16.2. The second-order valence-electron chi connectivity index (χ2n) is 9.16. The largest absolute Gasteiger partial charge is 0.496 e. The van der Waals surface area contributed by atoms with Gasteiger partial charge in [0.1, 0.15) is 12.0 Å². The van der Waals surface area contributed by atoms with Crippen LogP contribution < -0.4 is 10.1 Å². The topological polar surface area (TPSA) is 86.3 Å². The van der Waals surface area contributed by atoms with E-state index >= 15 is 0 Å². The number of carbonyl (C=O) groups is 2. The van der Waals surface area contributed by atoms with E-state index in [4.69, 9.17) is 18.9 Å². The first kappa shape index (κ1) is 22.2. The monoisotopic (exact) mass is 456 g/mol. The molecular weight excluding hydrogens is 424 g/mol. The fraction of sp³-hybridized carbons (Fsp3) is 0.600. The lowest BCUT2D eigenvalue weighted by Crippen LogP contribution is -2.52. The van der Waals surface area contributed by atoms with E-state index in [0.29, 0.717) is 31.4 Å². The third-order valence-corrected chi connectivity index (χ3v) is 7.03. The van der Waals surface area contributed by atoms with Gasteiger partial charge in [-0.15, -0.1) is 0 Å². The SMILES string of the molecule is O=C(NC1CCCN2C(=O)COc3ccccc3C3CCC(CC3)O/C=C/12)C1COCCO1. The van der Waals surface area contributed by atoms with E-state index < -0.39 is 6.10 Å². The minimum Gasteiger partial charge on any atom is -0.496 e. The first-order valence-corrected chi connectivity index (χ1v) is 12.1. The highest BCUT2D eigenvalue weighted by molar-refractivity contribution is 5.83. The van der Waals surface area contributed by atoms with Crippen molar-refractivity contribution >= 4 is 11.8 Å². The number of rotatable bonds is 2. The maximum Gasteiger partial charge on any atom is 0.264 e. The minimum absolute atomic E-state index is 0.0508. The van der Waals surface area contributed by atoms with Crippen molar-refractivity contribution < 1.29 is 28.5 Å². The van der Waals surface area contributed by atoms with Crippen LogP contribution in [-0.2, 0) is 23.8 Å². The van der Waals surface area contributed by atoms with E-state index in [1.165, 1.54) is 5.56 Å². The zero-order valence-electron chi connectivity index (χ0n) is 18.9. The van der Waals surface area contributed by atoms with E-state index in [0.717, 1.165) is 44.3 Å². The number of carbonyl (C=O) groups excluding carboxylic acids is 2. The molecule has 8 heteroatoms. The van der Waals surface area contributed by atoms with Crippen LogP contribution in [0.2, 0.25) is 0 Å². The molecule has 0 aromatic heterocycles. The van der Waals surface area contributed by atoms with Crippen molar-refractivity contribution in [1.29, 1.82) is 0 Å². The Morgan fingerprint density at radius 3 is 2.73 bits per heavy atom. The molecule has 3 fully saturated rings. The fourth-order valence-corrected chi connectivity index (χ4v) is 5.23. The van der Waals surface area contributed by atoms with E-state index in [1.807, 2.05) is 18.2 Å². The highest BCUT2D eigenvalue weighted by Crippen LogP contribution is 2.39. The number of benzene rings is 1. The predicted octanol–water partition coefficient (Wildman–Crippen LogP) is 2.49. The molecule has 2 amide bonds. The predicted molar refractivity (Wildman–Crippen MR) is 120 cm³/mol. The van der Waals surface area contributed by atoms with E-state index in [2.05, 4.69) is 11.4 Å². The number of hydrogen-bond acceptors (Lipinski definition) is 6. The van der Waals surface area contributed by atoms with Gasteiger partial charge in [-0.05, 0) is 56.1 Å². The molecule has 1 aromatic carbocycles. The van der Waals surface area contributed by atoms with Gasteiger partial charge in [0.15, 0.2) is 12.7 Å². The number of fused-ring (bicyclic) bond motifs is 5. The van der Waals surface area contributed by atoms with Crippen LogP contribution in [0.3, 0.4) is 0 Å². The van der Waals surface area contributed by atoms with Crippen LogP contribution in [0, 0.1) is 0 Å². The lowest BCUT2D eigenvalue weighted by atomic mass is 9.82. The molecular formula is C25H32N2O6. The van der Waals surface area contributed by atoms with Crippen LogP contribution in [0.25, 0.3) is 0 Å². The standard InChI is InChI=1S/C25H32N2O6/c28-24-16-33-22-6-2-1-4-19(22)17-7-9-18(10-8-17)32-14-21-20(5-3-11-27(21)24)26-25(29)23-15-30-12-13-31-23/h1-2,4,6,14,17-18,20,23H,3,5,7-13,15-16H2,(H,26,29)/b21-14-. The molecule has 4 aliphatic heterocycles. The van der Waals surface area contributed by atoms with Crippen molar-refractivity contribution in [2.24, 2.45) is 0 Å². The number of amides is 2.